The summed E-state index contributed by atoms with van der Waals surface area (Å²) in [6.07, 6.45) is 1.22. The summed E-state index contributed by atoms with van der Waals surface area (Å²) in [5, 5.41) is 0.655. The van der Waals surface area contributed by atoms with Crippen LogP contribution in [0.5, 0.6) is 5.75 Å². The summed E-state index contributed by atoms with van der Waals surface area (Å²) in [4.78, 5) is 47.3. The molecule has 0 bridgehead atoms. The van der Waals surface area contributed by atoms with Crippen LogP contribution in [0.1, 0.15) is 67.4 Å². The fourth-order valence-electron chi connectivity index (χ4n) is 4.38. The quantitative estimate of drug-likeness (QED) is 0.270. The van der Waals surface area contributed by atoms with Gasteiger partial charge >= 0.3 is 12.1 Å². The molecule has 3 heterocycles. The van der Waals surface area contributed by atoms with Crippen LogP contribution in [0.3, 0.4) is 0 Å². The van der Waals surface area contributed by atoms with Crippen LogP contribution in [0, 0.1) is 0 Å². The molecule has 0 aliphatic heterocycles. The molecule has 1 saturated carbocycles. The maximum Gasteiger partial charge on any atom is 0.420 e. The molecule has 1 fully saturated rings. The monoisotopic (exact) mass is 504 g/mol. The summed E-state index contributed by atoms with van der Waals surface area (Å²) < 4.78 is 19.7. The van der Waals surface area contributed by atoms with Gasteiger partial charge in [0.1, 0.15) is 22.6 Å². The number of fused-ring (bicyclic) bond motifs is 2. The highest BCUT2D eigenvalue weighted by Crippen LogP contribution is 2.44. The van der Waals surface area contributed by atoms with Crippen LogP contribution < -0.4 is 4.74 Å². The van der Waals surface area contributed by atoms with Crippen molar-refractivity contribution in [2.45, 2.75) is 52.2 Å². The highest BCUT2D eigenvalue weighted by Gasteiger charge is 2.34. The first-order chi connectivity index (χ1) is 17.5. The first-order valence-corrected chi connectivity index (χ1v) is 12.0. The lowest BCUT2D eigenvalue weighted by Gasteiger charge is -2.21. The van der Waals surface area contributed by atoms with E-state index in [0.717, 1.165) is 12.8 Å². The standard InChI is InChI=1S/C27H28N4O6/c1-14(32)18-10-7-15-12-20(31(23(15)28-18)26(34)37-27(2,3)4)24-29-19-11-16(25(33)36-6)13-21(35-5)22(19)30(24)17-8-9-17/h7,10-13,17H,8-9H2,1-6H3. The molecule has 37 heavy (non-hydrogen) atoms. The molecular formula is C27H28N4O6. The van der Waals surface area contributed by atoms with Gasteiger partial charge in [-0.1, -0.05) is 0 Å². The number of nitrogens with zero attached hydrogens (tertiary/aromatic N) is 4. The number of imidazole rings is 1. The van der Waals surface area contributed by atoms with Gasteiger partial charge in [0, 0.05) is 18.4 Å². The predicted octanol–water partition coefficient (Wildman–Crippen LogP) is 5.17. The van der Waals surface area contributed by atoms with Crippen LogP contribution in [0.15, 0.2) is 30.3 Å². The summed E-state index contributed by atoms with van der Waals surface area (Å²) in [7, 11) is 2.85. The molecule has 1 aliphatic rings. The first kappa shape index (κ1) is 24.5. The van der Waals surface area contributed by atoms with Crippen molar-refractivity contribution >= 4 is 39.9 Å². The molecular weight excluding hydrogens is 476 g/mol. The van der Waals surface area contributed by atoms with Crippen molar-refractivity contribution in [1.29, 1.82) is 0 Å². The molecule has 10 heteroatoms. The second kappa shape index (κ2) is 8.72. The predicted molar refractivity (Wildman–Crippen MR) is 136 cm³/mol. The highest BCUT2D eigenvalue weighted by atomic mass is 16.6. The SMILES string of the molecule is COC(=O)c1cc(OC)c2c(c1)nc(-c1cc3ccc(C(C)=O)nc3n1C(=O)OC(C)(C)C)n2C1CC1. The molecule has 0 unspecified atom stereocenters. The van der Waals surface area contributed by atoms with E-state index in [9.17, 15) is 14.4 Å². The number of hydrogen-bond acceptors (Lipinski definition) is 8. The van der Waals surface area contributed by atoms with Crippen molar-refractivity contribution in [3.63, 3.8) is 0 Å². The molecule has 0 amide bonds. The van der Waals surface area contributed by atoms with E-state index in [1.165, 1.54) is 25.7 Å². The third kappa shape index (κ3) is 4.32. The molecule has 0 radical (unpaired) electrons. The molecule has 10 nitrogen and oxygen atoms in total. The molecule has 4 aromatic rings. The van der Waals surface area contributed by atoms with Gasteiger partial charge in [-0.05, 0) is 63.9 Å². The maximum atomic E-state index is 13.5. The Hall–Kier alpha value is -4.21. The minimum absolute atomic E-state index is 0.142. The van der Waals surface area contributed by atoms with Crippen LogP contribution in [0.4, 0.5) is 4.79 Å². The minimum atomic E-state index is -0.765. The number of hydrogen-bond donors (Lipinski definition) is 0. The van der Waals surface area contributed by atoms with E-state index in [2.05, 4.69) is 4.98 Å². The van der Waals surface area contributed by atoms with E-state index >= 15 is 0 Å². The summed E-state index contributed by atoms with van der Waals surface area (Å²) in [6.45, 7) is 6.77. The van der Waals surface area contributed by atoms with E-state index < -0.39 is 17.7 Å². The van der Waals surface area contributed by atoms with E-state index in [1.807, 2.05) is 10.6 Å². The number of ether oxygens (including phenoxy) is 3. The Morgan fingerprint density at radius 3 is 2.35 bits per heavy atom. The maximum absolute atomic E-state index is 13.5. The summed E-state index contributed by atoms with van der Waals surface area (Å²) in [5.41, 5.74) is 1.78. The number of carbonyl (C=O) groups excluding carboxylic acids is 3. The summed E-state index contributed by atoms with van der Waals surface area (Å²) in [5.74, 6) is 0.253. The van der Waals surface area contributed by atoms with Crippen molar-refractivity contribution in [3.05, 3.63) is 41.6 Å². The minimum Gasteiger partial charge on any atom is -0.494 e. The molecule has 0 spiro atoms. The van der Waals surface area contributed by atoms with Crippen molar-refractivity contribution in [2.24, 2.45) is 0 Å². The molecule has 0 saturated heterocycles. The Morgan fingerprint density at radius 2 is 1.76 bits per heavy atom. The normalized spacial score (nSPS) is 13.7. The van der Waals surface area contributed by atoms with Gasteiger partial charge in [0.25, 0.3) is 0 Å². The van der Waals surface area contributed by atoms with Crippen molar-refractivity contribution in [2.75, 3.05) is 14.2 Å². The second-order valence-corrected chi connectivity index (χ2v) is 10.1. The Bertz CT molecular complexity index is 1590. The van der Waals surface area contributed by atoms with Gasteiger partial charge in [-0.25, -0.2) is 24.1 Å². The molecule has 5 rings (SSSR count). The van der Waals surface area contributed by atoms with Crippen LogP contribution in [0.2, 0.25) is 0 Å². The van der Waals surface area contributed by atoms with Crippen molar-refractivity contribution < 1.29 is 28.6 Å². The van der Waals surface area contributed by atoms with Gasteiger partial charge in [0.15, 0.2) is 17.3 Å². The summed E-state index contributed by atoms with van der Waals surface area (Å²) >= 11 is 0. The van der Waals surface area contributed by atoms with E-state index in [4.69, 9.17) is 19.2 Å². The van der Waals surface area contributed by atoms with Crippen LogP contribution in [-0.2, 0) is 9.47 Å². The summed E-state index contributed by atoms with van der Waals surface area (Å²) in [6, 6.07) is 8.61. The zero-order valence-electron chi connectivity index (χ0n) is 21.6. The van der Waals surface area contributed by atoms with E-state index in [-0.39, 0.29) is 17.5 Å². The Kier molecular flexibility index (Phi) is 5.77. The number of benzene rings is 1. The largest absolute Gasteiger partial charge is 0.494 e. The van der Waals surface area contributed by atoms with Crippen LogP contribution in [0.25, 0.3) is 33.6 Å². The number of rotatable bonds is 5. The first-order valence-electron chi connectivity index (χ1n) is 12.0. The fourth-order valence-corrected chi connectivity index (χ4v) is 4.38. The third-order valence-electron chi connectivity index (χ3n) is 6.12. The van der Waals surface area contributed by atoms with Gasteiger partial charge in [0.2, 0.25) is 0 Å². The number of pyridine rings is 1. The Labute approximate surface area is 213 Å². The Balaban J connectivity index is 1.83. The number of ketones is 1. The highest BCUT2D eigenvalue weighted by molar-refractivity contribution is 6.00. The van der Waals surface area contributed by atoms with Crippen molar-refractivity contribution in [3.8, 4) is 17.3 Å². The van der Waals surface area contributed by atoms with Crippen LogP contribution >= 0.6 is 0 Å². The van der Waals surface area contributed by atoms with Crippen LogP contribution in [-0.4, -0.2) is 56.8 Å². The molecule has 0 atom stereocenters. The lowest BCUT2D eigenvalue weighted by Crippen LogP contribution is -2.28. The third-order valence-corrected chi connectivity index (χ3v) is 6.12. The number of methoxy groups -OCH3 is 2. The lowest BCUT2D eigenvalue weighted by atomic mass is 10.2. The molecule has 1 aliphatic carbocycles. The average molecular weight is 505 g/mol. The number of Topliss-reactive ketones (excluding diaryl/α,β-unsaturated/α-hetero) is 1. The zero-order chi connectivity index (χ0) is 26.6. The molecule has 192 valence electrons. The van der Waals surface area contributed by atoms with E-state index in [0.29, 0.717) is 44.9 Å². The topological polar surface area (TPSA) is 115 Å². The van der Waals surface area contributed by atoms with Gasteiger partial charge in [-0.15, -0.1) is 0 Å². The number of aromatic nitrogens is 4. The van der Waals surface area contributed by atoms with Gasteiger partial charge in [0.05, 0.1) is 31.0 Å². The van der Waals surface area contributed by atoms with Crippen molar-refractivity contribution in [1.82, 2.24) is 19.1 Å². The number of esters is 1. The molecule has 0 N–H and O–H groups in total. The van der Waals surface area contributed by atoms with E-state index in [1.54, 1.807) is 45.0 Å². The molecule has 3 aromatic heterocycles. The lowest BCUT2D eigenvalue weighted by molar-refractivity contribution is 0.0544. The Morgan fingerprint density at radius 1 is 1.03 bits per heavy atom. The van der Waals surface area contributed by atoms with Gasteiger partial charge < -0.3 is 18.8 Å². The number of carbonyl (C=O) groups is 3. The van der Waals surface area contributed by atoms with Gasteiger partial charge in [-0.3, -0.25) is 4.79 Å². The van der Waals surface area contributed by atoms with Gasteiger partial charge in [-0.2, -0.15) is 0 Å². The fraction of sp³-hybridized carbons (Fsp3) is 0.370. The smallest absolute Gasteiger partial charge is 0.420 e. The zero-order valence-corrected chi connectivity index (χ0v) is 21.6. The molecule has 1 aromatic carbocycles. The average Bonchev–Trinajstić information content (AvgIpc) is 3.49. The second-order valence-electron chi connectivity index (χ2n) is 10.1.